The standard InChI is InChI=1S/C30H37FN6O3/c1-4-40-26-15-25(34-16-24(26)31)20(2)37-19-30(5-6-30)27-22(18-35-9-11-39-12-10-35)13-21(14-23(27)28(37)38)17-36-8-7-33-29(36)32-3/h7-8,13-16,20H,4-6,9-12,17-19H2,1-3H3,(H,32,33)/t20-/m0/s1. The van der Waals surface area contributed by atoms with E-state index in [1.54, 1.807) is 12.3 Å². The predicted molar refractivity (Wildman–Crippen MR) is 149 cm³/mol. The molecule has 1 atom stereocenters. The lowest BCUT2D eigenvalue weighted by Crippen LogP contribution is -2.46. The Morgan fingerprint density at radius 1 is 1.18 bits per heavy atom. The predicted octanol–water partition coefficient (Wildman–Crippen LogP) is 3.99. The molecule has 3 aromatic rings. The lowest BCUT2D eigenvalue weighted by atomic mass is 9.81. The van der Waals surface area contributed by atoms with E-state index in [2.05, 4.69) is 36.9 Å². The molecular weight excluding hydrogens is 511 g/mol. The number of hydrogen-bond donors (Lipinski definition) is 1. The number of carbonyl (C=O) groups excluding carboxylic acids is 1. The van der Waals surface area contributed by atoms with Crippen LogP contribution in [0.25, 0.3) is 0 Å². The minimum atomic E-state index is -0.496. The lowest BCUT2D eigenvalue weighted by molar-refractivity contribution is 0.0337. The molecule has 9 nitrogen and oxygen atoms in total. The van der Waals surface area contributed by atoms with E-state index in [1.807, 2.05) is 32.0 Å². The quantitative estimate of drug-likeness (QED) is 0.433. The number of nitrogens with zero attached hydrogens (tertiary/aromatic N) is 5. The highest BCUT2D eigenvalue weighted by molar-refractivity contribution is 5.98. The fourth-order valence-electron chi connectivity index (χ4n) is 6.23. The number of fused-ring (bicyclic) bond motifs is 2. The molecule has 1 N–H and O–H groups in total. The zero-order valence-electron chi connectivity index (χ0n) is 23.5. The van der Waals surface area contributed by atoms with Crippen molar-refractivity contribution in [2.24, 2.45) is 0 Å². The highest BCUT2D eigenvalue weighted by atomic mass is 19.1. The largest absolute Gasteiger partial charge is 0.491 e. The molecule has 10 heteroatoms. The summed E-state index contributed by atoms with van der Waals surface area (Å²) >= 11 is 0. The van der Waals surface area contributed by atoms with Crippen molar-refractivity contribution in [3.63, 3.8) is 0 Å². The van der Waals surface area contributed by atoms with E-state index in [-0.39, 0.29) is 23.1 Å². The van der Waals surface area contributed by atoms with Gasteiger partial charge in [-0.15, -0.1) is 0 Å². The van der Waals surface area contributed by atoms with E-state index in [1.165, 1.54) is 17.3 Å². The van der Waals surface area contributed by atoms with Gasteiger partial charge < -0.3 is 24.3 Å². The SMILES string of the molecule is CCOc1cc([C@H](C)N2CC3(CC3)c3c(CN4CCOCC4)cc(Cn4ccnc4NC)cc3C2=O)ncc1F. The molecule has 0 bridgehead atoms. The van der Waals surface area contributed by atoms with Crippen molar-refractivity contribution in [3.05, 3.63) is 70.6 Å². The Kier molecular flexibility index (Phi) is 7.22. The normalized spacial score (nSPS) is 19.0. The van der Waals surface area contributed by atoms with Gasteiger partial charge in [0.2, 0.25) is 5.95 Å². The second-order valence-electron chi connectivity index (χ2n) is 11.1. The number of ether oxygens (including phenoxy) is 2. The number of halogens is 1. The van der Waals surface area contributed by atoms with Crippen LogP contribution in [0.4, 0.5) is 10.3 Å². The Balaban J connectivity index is 1.39. The van der Waals surface area contributed by atoms with E-state index in [4.69, 9.17) is 9.47 Å². The number of nitrogens with one attached hydrogen (secondary N) is 1. The first-order valence-corrected chi connectivity index (χ1v) is 14.2. The number of rotatable bonds is 9. The number of imidazole rings is 1. The molecular formula is C30H37FN6O3. The highest BCUT2D eigenvalue weighted by Crippen LogP contribution is 2.55. The number of amides is 1. The third-order valence-corrected chi connectivity index (χ3v) is 8.45. The van der Waals surface area contributed by atoms with Gasteiger partial charge in [-0.2, -0.15) is 0 Å². The first kappa shape index (κ1) is 26.7. The van der Waals surface area contributed by atoms with Crippen LogP contribution in [0.2, 0.25) is 0 Å². The number of anilines is 1. The Morgan fingerprint density at radius 3 is 2.70 bits per heavy atom. The van der Waals surface area contributed by atoms with Gasteiger partial charge >= 0.3 is 0 Å². The van der Waals surface area contributed by atoms with Gasteiger partial charge in [0.1, 0.15) is 0 Å². The van der Waals surface area contributed by atoms with Gasteiger partial charge in [-0.1, -0.05) is 6.07 Å². The molecule has 2 aromatic heterocycles. The second-order valence-corrected chi connectivity index (χ2v) is 11.1. The highest BCUT2D eigenvalue weighted by Gasteiger charge is 2.53. The number of hydrogen-bond acceptors (Lipinski definition) is 7. The summed E-state index contributed by atoms with van der Waals surface area (Å²) in [6, 6.07) is 5.66. The third kappa shape index (κ3) is 4.94. The molecule has 0 radical (unpaired) electrons. The van der Waals surface area contributed by atoms with E-state index in [0.29, 0.717) is 25.4 Å². The summed E-state index contributed by atoms with van der Waals surface area (Å²) in [6.45, 7) is 9.40. The first-order chi connectivity index (χ1) is 19.4. The average molecular weight is 549 g/mol. The van der Waals surface area contributed by atoms with Crippen LogP contribution in [0.1, 0.15) is 65.5 Å². The molecule has 1 amide bonds. The maximum absolute atomic E-state index is 14.3. The molecule has 2 aliphatic heterocycles. The van der Waals surface area contributed by atoms with Crippen LogP contribution in [0.3, 0.4) is 0 Å². The molecule has 4 heterocycles. The monoisotopic (exact) mass is 548 g/mol. The van der Waals surface area contributed by atoms with Gasteiger partial charge in [0.25, 0.3) is 5.91 Å². The fraction of sp³-hybridized carbons (Fsp3) is 0.500. The van der Waals surface area contributed by atoms with Crippen molar-refractivity contribution in [2.45, 2.75) is 51.2 Å². The van der Waals surface area contributed by atoms with E-state index in [0.717, 1.165) is 62.8 Å². The fourth-order valence-corrected chi connectivity index (χ4v) is 6.23. The van der Waals surface area contributed by atoms with Crippen molar-refractivity contribution in [3.8, 4) is 5.75 Å². The molecule has 6 rings (SSSR count). The van der Waals surface area contributed by atoms with Gasteiger partial charge in [0, 0.05) is 62.7 Å². The Bertz CT molecular complexity index is 1400. The smallest absolute Gasteiger partial charge is 0.254 e. The maximum Gasteiger partial charge on any atom is 0.254 e. The van der Waals surface area contributed by atoms with Crippen molar-refractivity contribution in [1.29, 1.82) is 0 Å². The van der Waals surface area contributed by atoms with Crippen LogP contribution in [0, 0.1) is 5.82 Å². The van der Waals surface area contributed by atoms with Crippen LogP contribution >= 0.6 is 0 Å². The number of benzene rings is 1. The van der Waals surface area contributed by atoms with Crippen LogP contribution in [-0.2, 0) is 23.2 Å². The van der Waals surface area contributed by atoms with Crippen LogP contribution in [0.5, 0.6) is 5.75 Å². The van der Waals surface area contributed by atoms with Crippen LogP contribution in [0.15, 0.2) is 36.8 Å². The van der Waals surface area contributed by atoms with E-state index < -0.39 is 5.82 Å². The average Bonchev–Trinajstić information content (AvgIpc) is 3.59. The molecule has 1 saturated heterocycles. The molecule has 1 aromatic carbocycles. The molecule has 1 saturated carbocycles. The van der Waals surface area contributed by atoms with E-state index >= 15 is 0 Å². The van der Waals surface area contributed by atoms with Gasteiger partial charge in [-0.25, -0.2) is 9.37 Å². The van der Waals surface area contributed by atoms with Crippen LogP contribution < -0.4 is 10.1 Å². The number of morpholine rings is 1. The minimum Gasteiger partial charge on any atom is -0.491 e. The summed E-state index contributed by atoms with van der Waals surface area (Å²) in [5, 5.41) is 3.14. The van der Waals surface area contributed by atoms with Gasteiger partial charge in [0.15, 0.2) is 11.6 Å². The van der Waals surface area contributed by atoms with E-state index in [9.17, 15) is 9.18 Å². The van der Waals surface area contributed by atoms with Gasteiger partial charge in [0.05, 0.1) is 44.3 Å². The van der Waals surface area contributed by atoms with Crippen molar-refractivity contribution < 1.29 is 18.7 Å². The van der Waals surface area contributed by atoms with Crippen molar-refractivity contribution in [1.82, 2.24) is 24.3 Å². The zero-order valence-corrected chi connectivity index (χ0v) is 23.5. The van der Waals surface area contributed by atoms with Crippen molar-refractivity contribution in [2.75, 3.05) is 51.8 Å². The molecule has 212 valence electrons. The second kappa shape index (κ2) is 10.8. The molecule has 0 unspecified atom stereocenters. The number of aromatic nitrogens is 3. The van der Waals surface area contributed by atoms with Crippen LogP contribution in [-0.4, -0.2) is 76.7 Å². The van der Waals surface area contributed by atoms with Gasteiger partial charge in [-0.3, -0.25) is 14.7 Å². The van der Waals surface area contributed by atoms with Crippen molar-refractivity contribution >= 4 is 11.9 Å². The molecule has 1 aliphatic carbocycles. The molecule has 1 spiro atoms. The molecule has 40 heavy (non-hydrogen) atoms. The lowest BCUT2D eigenvalue weighted by Gasteiger charge is -2.40. The first-order valence-electron chi connectivity index (χ1n) is 14.2. The third-order valence-electron chi connectivity index (χ3n) is 8.45. The summed E-state index contributed by atoms with van der Waals surface area (Å²) in [5.74, 6) is 0.444. The zero-order chi connectivity index (χ0) is 27.9. The Hall–Kier alpha value is -3.50. The summed E-state index contributed by atoms with van der Waals surface area (Å²) in [6.07, 6.45) is 6.99. The number of pyridine rings is 1. The molecule has 3 aliphatic rings. The Labute approximate surface area is 234 Å². The number of carbonyl (C=O) groups is 1. The van der Waals surface area contributed by atoms with Gasteiger partial charge in [-0.05, 0) is 49.4 Å². The minimum absolute atomic E-state index is 0.00587. The maximum atomic E-state index is 14.3. The molecule has 2 fully saturated rings. The Morgan fingerprint density at radius 2 is 1.98 bits per heavy atom. The summed E-state index contributed by atoms with van der Waals surface area (Å²) in [7, 11) is 1.86. The summed E-state index contributed by atoms with van der Waals surface area (Å²) in [4.78, 5) is 27.4. The summed E-state index contributed by atoms with van der Waals surface area (Å²) in [5.41, 5.74) is 4.84. The topological polar surface area (TPSA) is 84.8 Å². The summed E-state index contributed by atoms with van der Waals surface area (Å²) < 4.78 is 27.4.